The number of benzene rings is 2. The molecule has 30 heavy (non-hydrogen) atoms. The van der Waals surface area contributed by atoms with Gasteiger partial charge in [-0.15, -0.1) is 0 Å². The van der Waals surface area contributed by atoms with Gasteiger partial charge >= 0.3 is 0 Å². The van der Waals surface area contributed by atoms with Gasteiger partial charge in [0.2, 0.25) is 5.91 Å². The molecule has 1 saturated heterocycles. The van der Waals surface area contributed by atoms with Crippen molar-refractivity contribution < 1.29 is 13.9 Å². The number of rotatable bonds is 7. The molecule has 1 aliphatic rings. The monoisotopic (exact) mass is 412 g/mol. The number of hydrogen-bond acceptors (Lipinski definition) is 3. The van der Waals surface area contributed by atoms with Gasteiger partial charge in [-0.1, -0.05) is 24.3 Å². The van der Waals surface area contributed by atoms with Crippen LogP contribution in [0, 0.1) is 5.82 Å². The number of hydrogen-bond donors (Lipinski definition) is 2. The third kappa shape index (κ3) is 5.95. The summed E-state index contributed by atoms with van der Waals surface area (Å²) in [4.78, 5) is 18.7. The Morgan fingerprint density at radius 3 is 2.50 bits per heavy atom. The van der Waals surface area contributed by atoms with Crippen molar-refractivity contribution in [2.24, 2.45) is 4.99 Å². The summed E-state index contributed by atoms with van der Waals surface area (Å²) in [5.74, 6) is 1.79. The Morgan fingerprint density at radius 1 is 1.13 bits per heavy atom. The van der Waals surface area contributed by atoms with Crippen molar-refractivity contribution in [2.75, 3.05) is 40.3 Å². The van der Waals surface area contributed by atoms with Crippen molar-refractivity contribution in [3.63, 3.8) is 0 Å². The zero-order valence-corrected chi connectivity index (χ0v) is 17.5. The van der Waals surface area contributed by atoms with Crippen molar-refractivity contribution in [2.45, 2.75) is 18.8 Å². The first-order valence-corrected chi connectivity index (χ1v) is 10.2. The van der Waals surface area contributed by atoms with Gasteiger partial charge in [-0.2, -0.15) is 0 Å². The van der Waals surface area contributed by atoms with E-state index in [-0.39, 0.29) is 18.1 Å². The van der Waals surface area contributed by atoms with Gasteiger partial charge in [0, 0.05) is 39.1 Å². The maximum absolute atomic E-state index is 12.9. The van der Waals surface area contributed by atoms with E-state index in [4.69, 9.17) is 4.74 Å². The lowest BCUT2D eigenvalue weighted by Gasteiger charge is -2.22. The lowest BCUT2D eigenvalue weighted by Crippen LogP contribution is -2.43. The van der Waals surface area contributed by atoms with Crippen LogP contribution in [0.25, 0.3) is 0 Å². The molecule has 0 aliphatic carbocycles. The SMILES string of the molecule is CN=C(NCCNC(=O)Cc1ccc(F)cc1)N1CCC(c2ccc(OC)cc2)C1. The van der Waals surface area contributed by atoms with Crippen molar-refractivity contribution in [3.8, 4) is 5.75 Å². The second-order valence-electron chi connectivity index (χ2n) is 7.33. The number of guanidine groups is 1. The number of likely N-dealkylation sites (tertiary alicyclic amines) is 1. The summed E-state index contributed by atoms with van der Waals surface area (Å²) in [6.07, 6.45) is 1.31. The lowest BCUT2D eigenvalue weighted by atomic mass is 9.98. The van der Waals surface area contributed by atoms with Crippen LogP contribution >= 0.6 is 0 Å². The first kappa shape index (κ1) is 21.6. The van der Waals surface area contributed by atoms with Crippen LogP contribution in [-0.2, 0) is 11.2 Å². The fourth-order valence-corrected chi connectivity index (χ4v) is 3.66. The Hall–Kier alpha value is -3.09. The number of ether oxygens (including phenoxy) is 1. The molecule has 2 aromatic carbocycles. The van der Waals surface area contributed by atoms with Gasteiger partial charge in [0.15, 0.2) is 5.96 Å². The summed E-state index contributed by atoms with van der Waals surface area (Å²) >= 11 is 0. The maximum Gasteiger partial charge on any atom is 0.224 e. The molecule has 0 saturated carbocycles. The molecule has 3 rings (SSSR count). The second-order valence-corrected chi connectivity index (χ2v) is 7.33. The quantitative estimate of drug-likeness (QED) is 0.417. The zero-order chi connectivity index (χ0) is 21.3. The first-order chi connectivity index (χ1) is 14.6. The van der Waals surface area contributed by atoms with Crippen LogP contribution in [0.4, 0.5) is 4.39 Å². The topological polar surface area (TPSA) is 66.0 Å². The third-order valence-electron chi connectivity index (χ3n) is 5.30. The van der Waals surface area contributed by atoms with Gasteiger partial charge in [0.1, 0.15) is 11.6 Å². The Bertz CT molecular complexity index is 853. The van der Waals surface area contributed by atoms with Crippen LogP contribution in [0.1, 0.15) is 23.5 Å². The van der Waals surface area contributed by atoms with Gasteiger partial charge in [-0.3, -0.25) is 9.79 Å². The summed E-state index contributed by atoms with van der Waals surface area (Å²) in [5, 5.41) is 6.20. The molecule has 7 heteroatoms. The summed E-state index contributed by atoms with van der Waals surface area (Å²) in [5.41, 5.74) is 2.10. The van der Waals surface area contributed by atoms with E-state index >= 15 is 0 Å². The van der Waals surface area contributed by atoms with E-state index in [1.54, 1.807) is 26.3 Å². The van der Waals surface area contributed by atoms with Crippen molar-refractivity contribution in [1.82, 2.24) is 15.5 Å². The van der Waals surface area contributed by atoms with Crippen LogP contribution < -0.4 is 15.4 Å². The molecule has 1 heterocycles. The van der Waals surface area contributed by atoms with Crippen LogP contribution in [0.2, 0.25) is 0 Å². The smallest absolute Gasteiger partial charge is 0.224 e. The number of nitrogens with zero attached hydrogens (tertiary/aromatic N) is 2. The molecule has 2 N–H and O–H groups in total. The van der Waals surface area contributed by atoms with Crippen LogP contribution in [0.5, 0.6) is 5.75 Å². The Morgan fingerprint density at radius 2 is 1.83 bits per heavy atom. The second kappa shape index (κ2) is 10.6. The van der Waals surface area contributed by atoms with Crippen molar-refractivity contribution in [3.05, 3.63) is 65.5 Å². The molecule has 0 aromatic heterocycles. The summed E-state index contributed by atoms with van der Waals surface area (Å²) < 4.78 is 18.2. The average Bonchev–Trinajstić information content (AvgIpc) is 3.25. The number of amides is 1. The number of carbonyl (C=O) groups is 1. The van der Waals surface area contributed by atoms with Gasteiger partial charge in [-0.25, -0.2) is 4.39 Å². The van der Waals surface area contributed by atoms with E-state index in [0.717, 1.165) is 36.8 Å². The molecular weight excluding hydrogens is 383 g/mol. The fourth-order valence-electron chi connectivity index (χ4n) is 3.66. The molecule has 1 unspecified atom stereocenters. The molecule has 0 spiro atoms. The minimum absolute atomic E-state index is 0.0841. The van der Waals surface area contributed by atoms with Crippen molar-refractivity contribution >= 4 is 11.9 Å². The summed E-state index contributed by atoms with van der Waals surface area (Å²) in [6.45, 7) is 2.93. The molecule has 1 fully saturated rings. The normalized spacial score (nSPS) is 16.4. The van der Waals surface area contributed by atoms with E-state index in [2.05, 4.69) is 32.7 Å². The summed E-state index contributed by atoms with van der Waals surface area (Å²) in [6, 6.07) is 14.2. The van der Waals surface area contributed by atoms with Crippen LogP contribution in [-0.4, -0.2) is 57.1 Å². The maximum atomic E-state index is 12.9. The summed E-state index contributed by atoms with van der Waals surface area (Å²) in [7, 11) is 3.45. The highest BCUT2D eigenvalue weighted by molar-refractivity contribution is 5.81. The van der Waals surface area contributed by atoms with Gasteiger partial charge < -0.3 is 20.3 Å². The zero-order valence-electron chi connectivity index (χ0n) is 17.5. The molecular formula is C23H29FN4O2. The fraction of sp³-hybridized carbons (Fsp3) is 0.391. The van der Waals surface area contributed by atoms with E-state index in [1.807, 2.05) is 12.1 Å². The number of nitrogens with one attached hydrogen (secondary N) is 2. The Kier molecular flexibility index (Phi) is 7.65. The number of methoxy groups -OCH3 is 1. The standard InChI is InChI=1S/C23H29FN4O2/c1-25-23(27-13-12-26-22(29)15-17-3-7-20(24)8-4-17)28-14-11-19(16-28)18-5-9-21(30-2)10-6-18/h3-10,19H,11-16H2,1-2H3,(H,25,27)(H,26,29). The molecule has 0 radical (unpaired) electrons. The largest absolute Gasteiger partial charge is 0.497 e. The molecule has 1 amide bonds. The molecule has 1 atom stereocenters. The molecule has 1 aliphatic heterocycles. The molecule has 0 bridgehead atoms. The minimum atomic E-state index is -0.300. The first-order valence-electron chi connectivity index (χ1n) is 10.2. The minimum Gasteiger partial charge on any atom is -0.497 e. The predicted molar refractivity (Wildman–Crippen MR) is 116 cm³/mol. The molecule has 160 valence electrons. The number of halogens is 1. The Labute approximate surface area is 177 Å². The van der Waals surface area contributed by atoms with Crippen molar-refractivity contribution in [1.29, 1.82) is 0 Å². The number of aliphatic imine (C=N–C) groups is 1. The highest BCUT2D eigenvalue weighted by Gasteiger charge is 2.25. The van der Waals surface area contributed by atoms with Gasteiger partial charge in [0.05, 0.1) is 13.5 Å². The van der Waals surface area contributed by atoms with Crippen LogP contribution in [0.3, 0.4) is 0 Å². The average molecular weight is 413 g/mol. The van der Waals surface area contributed by atoms with E-state index in [1.165, 1.54) is 17.7 Å². The highest BCUT2D eigenvalue weighted by Crippen LogP contribution is 2.28. The van der Waals surface area contributed by atoms with Gasteiger partial charge in [-0.05, 0) is 41.8 Å². The van der Waals surface area contributed by atoms with E-state index in [0.29, 0.717) is 19.0 Å². The highest BCUT2D eigenvalue weighted by atomic mass is 19.1. The van der Waals surface area contributed by atoms with Crippen LogP contribution in [0.15, 0.2) is 53.5 Å². The number of carbonyl (C=O) groups excluding carboxylic acids is 1. The van der Waals surface area contributed by atoms with E-state index < -0.39 is 0 Å². The predicted octanol–water partition coefficient (Wildman–Crippen LogP) is 2.56. The third-order valence-corrected chi connectivity index (χ3v) is 5.30. The van der Waals surface area contributed by atoms with Gasteiger partial charge in [0.25, 0.3) is 0 Å². The lowest BCUT2D eigenvalue weighted by molar-refractivity contribution is -0.120. The van der Waals surface area contributed by atoms with E-state index in [9.17, 15) is 9.18 Å². The molecule has 6 nitrogen and oxygen atoms in total. The Balaban J connectivity index is 1.40. The molecule has 2 aromatic rings.